The van der Waals surface area contributed by atoms with E-state index in [0.29, 0.717) is 5.76 Å². The molecule has 1 aromatic carbocycles. The van der Waals surface area contributed by atoms with Crippen LogP contribution in [-0.2, 0) is 17.8 Å². The summed E-state index contributed by atoms with van der Waals surface area (Å²) in [5.74, 6) is 0.633. The van der Waals surface area contributed by atoms with Gasteiger partial charge in [-0.1, -0.05) is 24.2 Å². The second-order valence-electron chi connectivity index (χ2n) is 5.01. The molecule has 0 spiro atoms. The van der Waals surface area contributed by atoms with E-state index in [-0.39, 0.29) is 12.3 Å². The molecule has 1 heterocycles. The SMILES string of the molecule is CCNCc1cccc(NC(=O)Cc2c(C)noc2C)c1. The van der Waals surface area contributed by atoms with Crippen molar-refractivity contribution in [3.05, 3.63) is 46.8 Å². The lowest BCUT2D eigenvalue weighted by atomic mass is 10.1. The molecule has 0 radical (unpaired) electrons. The summed E-state index contributed by atoms with van der Waals surface area (Å²) in [5, 5.41) is 10.0. The fourth-order valence-corrected chi connectivity index (χ4v) is 2.15. The highest BCUT2D eigenvalue weighted by molar-refractivity contribution is 5.92. The molecule has 0 bridgehead atoms. The fraction of sp³-hybridized carbons (Fsp3) is 0.375. The molecular weight excluding hydrogens is 266 g/mol. The molecule has 0 fully saturated rings. The Kier molecular flexibility index (Phi) is 5.11. The summed E-state index contributed by atoms with van der Waals surface area (Å²) in [4.78, 5) is 12.1. The van der Waals surface area contributed by atoms with E-state index in [2.05, 4.69) is 22.7 Å². The van der Waals surface area contributed by atoms with Gasteiger partial charge in [0.15, 0.2) is 0 Å². The van der Waals surface area contributed by atoms with Crippen molar-refractivity contribution in [1.29, 1.82) is 0 Å². The van der Waals surface area contributed by atoms with Gasteiger partial charge in [0.25, 0.3) is 0 Å². The number of benzene rings is 1. The van der Waals surface area contributed by atoms with Crippen LogP contribution in [0.15, 0.2) is 28.8 Å². The minimum Gasteiger partial charge on any atom is -0.361 e. The third-order valence-corrected chi connectivity index (χ3v) is 3.31. The molecule has 2 rings (SSSR count). The highest BCUT2D eigenvalue weighted by Gasteiger charge is 2.13. The lowest BCUT2D eigenvalue weighted by Crippen LogP contribution is -2.16. The Balaban J connectivity index is 1.99. The van der Waals surface area contributed by atoms with Gasteiger partial charge in [-0.2, -0.15) is 0 Å². The average Bonchev–Trinajstić information content (AvgIpc) is 2.77. The second kappa shape index (κ2) is 7.04. The Labute approximate surface area is 124 Å². The lowest BCUT2D eigenvalue weighted by Gasteiger charge is -2.08. The fourth-order valence-electron chi connectivity index (χ4n) is 2.15. The van der Waals surface area contributed by atoms with Gasteiger partial charge in [-0.25, -0.2) is 0 Å². The van der Waals surface area contributed by atoms with Gasteiger partial charge in [-0.15, -0.1) is 0 Å². The summed E-state index contributed by atoms with van der Waals surface area (Å²) < 4.78 is 5.07. The third-order valence-electron chi connectivity index (χ3n) is 3.31. The van der Waals surface area contributed by atoms with Crippen molar-refractivity contribution in [3.8, 4) is 0 Å². The number of hydrogen-bond acceptors (Lipinski definition) is 4. The number of hydrogen-bond donors (Lipinski definition) is 2. The minimum absolute atomic E-state index is 0.0648. The summed E-state index contributed by atoms with van der Waals surface area (Å²) in [5.41, 5.74) is 3.58. The number of nitrogens with one attached hydrogen (secondary N) is 2. The Morgan fingerprint density at radius 3 is 2.81 bits per heavy atom. The van der Waals surface area contributed by atoms with Crippen LogP contribution in [0.25, 0.3) is 0 Å². The van der Waals surface area contributed by atoms with E-state index >= 15 is 0 Å². The Bertz CT molecular complexity index is 600. The first-order chi connectivity index (χ1) is 10.1. The first kappa shape index (κ1) is 15.3. The van der Waals surface area contributed by atoms with E-state index in [1.54, 1.807) is 0 Å². The van der Waals surface area contributed by atoms with Crippen LogP contribution in [0.4, 0.5) is 5.69 Å². The molecule has 1 amide bonds. The normalized spacial score (nSPS) is 10.6. The van der Waals surface area contributed by atoms with Gasteiger partial charge in [-0.05, 0) is 38.1 Å². The van der Waals surface area contributed by atoms with Crippen molar-refractivity contribution in [1.82, 2.24) is 10.5 Å². The minimum atomic E-state index is -0.0648. The van der Waals surface area contributed by atoms with E-state index in [1.807, 2.05) is 38.1 Å². The largest absolute Gasteiger partial charge is 0.361 e. The predicted octanol–water partition coefficient (Wildman–Crippen LogP) is 2.58. The molecule has 112 valence electrons. The summed E-state index contributed by atoms with van der Waals surface area (Å²) >= 11 is 0. The van der Waals surface area contributed by atoms with Crippen molar-refractivity contribution in [2.75, 3.05) is 11.9 Å². The molecule has 0 aliphatic rings. The number of aryl methyl sites for hydroxylation is 2. The molecule has 0 aliphatic carbocycles. The van der Waals surface area contributed by atoms with Crippen LogP contribution in [0.3, 0.4) is 0 Å². The first-order valence-electron chi connectivity index (χ1n) is 7.11. The standard InChI is InChI=1S/C16H21N3O2/c1-4-17-10-13-6-5-7-14(8-13)18-16(20)9-15-11(2)19-21-12(15)3/h5-8,17H,4,9-10H2,1-3H3,(H,18,20). The molecule has 2 aromatic rings. The van der Waals surface area contributed by atoms with Crippen molar-refractivity contribution in [2.24, 2.45) is 0 Å². The Hall–Kier alpha value is -2.14. The van der Waals surface area contributed by atoms with Gasteiger partial charge >= 0.3 is 0 Å². The zero-order valence-electron chi connectivity index (χ0n) is 12.7. The molecule has 21 heavy (non-hydrogen) atoms. The maximum Gasteiger partial charge on any atom is 0.228 e. The van der Waals surface area contributed by atoms with Crippen LogP contribution >= 0.6 is 0 Å². The molecule has 5 heteroatoms. The summed E-state index contributed by atoms with van der Waals surface area (Å²) in [6.07, 6.45) is 0.276. The van der Waals surface area contributed by atoms with Crippen LogP contribution < -0.4 is 10.6 Å². The molecule has 2 N–H and O–H groups in total. The zero-order valence-corrected chi connectivity index (χ0v) is 12.7. The van der Waals surface area contributed by atoms with Crippen molar-refractivity contribution in [2.45, 2.75) is 33.7 Å². The molecular formula is C16H21N3O2. The molecule has 5 nitrogen and oxygen atoms in total. The summed E-state index contributed by atoms with van der Waals surface area (Å²) in [7, 11) is 0. The van der Waals surface area contributed by atoms with Gasteiger partial charge < -0.3 is 15.2 Å². The number of nitrogens with zero attached hydrogens (tertiary/aromatic N) is 1. The van der Waals surface area contributed by atoms with Gasteiger partial charge in [0.2, 0.25) is 5.91 Å². The lowest BCUT2D eigenvalue weighted by molar-refractivity contribution is -0.115. The van der Waals surface area contributed by atoms with Crippen molar-refractivity contribution >= 4 is 11.6 Å². The number of anilines is 1. The highest BCUT2D eigenvalue weighted by Crippen LogP contribution is 2.15. The second-order valence-corrected chi connectivity index (χ2v) is 5.01. The van der Waals surface area contributed by atoms with Crippen LogP contribution in [0.2, 0.25) is 0 Å². The number of carbonyl (C=O) groups excluding carboxylic acids is 1. The maximum atomic E-state index is 12.1. The van der Waals surface area contributed by atoms with Crippen LogP contribution in [0.5, 0.6) is 0 Å². The molecule has 1 aromatic heterocycles. The van der Waals surface area contributed by atoms with Crippen molar-refractivity contribution in [3.63, 3.8) is 0 Å². The molecule has 0 atom stereocenters. The number of amides is 1. The molecule has 0 saturated carbocycles. The summed E-state index contributed by atoms with van der Waals surface area (Å²) in [6.45, 7) is 7.44. The van der Waals surface area contributed by atoms with Gasteiger partial charge in [0.05, 0.1) is 12.1 Å². The molecule has 0 saturated heterocycles. The maximum absolute atomic E-state index is 12.1. The average molecular weight is 287 g/mol. The van der Waals surface area contributed by atoms with E-state index in [4.69, 9.17) is 4.52 Å². The number of aromatic nitrogens is 1. The van der Waals surface area contributed by atoms with Crippen LogP contribution in [-0.4, -0.2) is 17.6 Å². The third kappa shape index (κ3) is 4.16. The van der Waals surface area contributed by atoms with E-state index < -0.39 is 0 Å². The quantitative estimate of drug-likeness (QED) is 0.857. The van der Waals surface area contributed by atoms with E-state index in [9.17, 15) is 4.79 Å². The van der Waals surface area contributed by atoms with Gasteiger partial charge in [0, 0.05) is 17.8 Å². The van der Waals surface area contributed by atoms with E-state index in [1.165, 1.54) is 0 Å². The predicted molar refractivity (Wildman–Crippen MR) is 82.1 cm³/mol. The zero-order chi connectivity index (χ0) is 15.2. The van der Waals surface area contributed by atoms with E-state index in [0.717, 1.165) is 35.6 Å². The van der Waals surface area contributed by atoms with Crippen LogP contribution in [0, 0.1) is 13.8 Å². The molecule has 0 aliphatic heterocycles. The van der Waals surface area contributed by atoms with Crippen molar-refractivity contribution < 1.29 is 9.32 Å². The monoisotopic (exact) mass is 287 g/mol. The highest BCUT2D eigenvalue weighted by atomic mass is 16.5. The first-order valence-corrected chi connectivity index (χ1v) is 7.11. The number of carbonyl (C=O) groups is 1. The Morgan fingerprint density at radius 2 is 2.14 bits per heavy atom. The number of rotatable bonds is 6. The van der Waals surface area contributed by atoms with Crippen LogP contribution in [0.1, 0.15) is 29.5 Å². The summed E-state index contributed by atoms with van der Waals surface area (Å²) in [6, 6.07) is 7.85. The Morgan fingerprint density at radius 1 is 1.33 bits per heavy atom. The molecule has 0 unspecified atom stereocenters. The smallest absolute Gasteiger partial charge is 0.228 e. The van der Waals surface area contributed by atoms with Gasteiger partial charge in [0.1, 0.15) is 5.76 Å². The van der Waals surface area contributed by atoms with Gasteiger partial charge in [-0.3, -0.25) is 4.79 Å². The topological polar surface area (TPSA) is 67.2 Å².